The molecule has 0 aliphatic rings. The van der Waals surface area contributed by atoms with Gasteiger partial charge in [0.1, 0.15) is 22.9 Å². The number of hydrazone groups is 1. The predicted octanol–water partition coefficient (Wildman–Crippen LogP) is 2.45. The van der Waals surface area contributed by atoms with Gasteiger partial charge >= 0.3 is 5.96 Å². The molecule has 7 nitrogen and oxygen atoms in total. The van der Waals surface area contributed by atoms with E-state index in [2.05, 4.69) is 19.0 Å². The Bertz CT molecular complexity index is 392. The maximum Gasteiger partial charge on any atom is 0.511 e. The Morgan fingerprint density at radius 1 is 1.40 bits per heavy atom. The third kappa shape index (κ3) is 3.97. The molecule has 0 bridgehead atoms. The molecule has 15 heavy (non-hydrogen) atoms. The van der Waals surface area contributed by atoms with Crippen LogP contribution < -0.4 is 5.43 Å². The predicted molar refractivity (Wildman–Crippen MR) is 63.4 cm³/mol. The zero-order chi connectivity index (χ0) is 11.1. The number of nitro groups is 1. The van der Waals surface area contributed by atoms with Crippen molar-refractivity contribution in [1.82, 2.24) is 0 Å². The van der Waals surface area contributed by atoms with Crippen molar-refractivity contribution in [2.45, 2.75) is 0 Å². The largest absolute Gasteiger partial charge is 0.511 e. The number of para-hydroxylation sites is 1. The van der Waals surface area contributed by atoms with E-state index >= 15 is 0 Å². The molecule has 0 aliphatic carbocycles. The third-order valence-corrected chi connectivity index (χ3v) is 1.57. The molecule has 0 radical (unpaired) electrons. The number of rotatable bonds is 2. The molecule has 0 spiro atoms. The Balaban J connectivity index is 2.74. The summed E-state index contributed by atoms with van der Waals surface area (Å²) in [5.41, 5.74) is 3.14. The van der Waals surface area contributed by atoms with Gasteiger partial charge in [0.25, 0.3) is 0 Å². The lowest BCUT2D eigenvalue weighted by Gasteiger charge is -1.94. The highest BCUT2D eigenvalue weighted by Gasteiger charge is 2.10. The molecule has 0 fully saturated rings. The van der Waals surface area contributed by atoms with Crippen LogP contribution >= 0.6 is 22.9 Å². The first-order chi connectivity index (χ1) is 7.24. The average molecular weight is 319 g/mol. The molecule has 1 N–H and O–H groups in total. The first kappa shape index (κ1) is 11.5. The van der Waals surface area contributed by atoms with Gasteiger partial charge in [-0.2, -0.15) is 0 Å². The zero-order valence-corrected chi connectivity index (χ0v) is 9.53. The molecule has 0 heterocycles. The van der Waals surface area contributed by atoms with Gasteiger partial charge in [-0.25, -0.2) is 5.43 Å². The SMILES string of the molecule is O=[N+]([O-])C(N=NI)=NNc1ccccc1. The number of hydrogen-bond acceptors (Lipinski definition) is 5. The van der Waals surface area contributed by atoms with E-state index in [1.807, 2.05) is 6.07 Å². The minimum Gasteiger partial charge on any atom is -0.390 e. The van der Waals surface area contributed by atoms with E-state index in [1.54, 1.807) is 24.3 Å². The van der Waals surface area contributed by atoms with Crippen molar-refractivity contribution in [3.05, 3.63) is 40.4 Å². The summed E-state index contributed by atoms with van der Waals surface area (Å²) in [6.45, 7) is 0. The molecule has 1 aromatic carbocycles. The van der Waals surface area contributed by atoms with E-state index < -0.39 is 10.9 Å². The summed E-state index contributed by atoms with van der Waals surface area (Å²) < 4.78 is 3.25. The van der Waals surface area contributed by atoms with Gasteiger partial charge in [0.15, 0.2) is 0 Å². The van der Waals surface area contributed by atoms with Crippen molar-refractivity contribution >= 4 is 34.5 Å². The fraction of sp³-hybridized carbons (Fsp3) is 0. The van der Waals surface area contributed by atoms with Crippen LogP contribution in [0.4, 0.5) is 5.69 Å². The number of nitrogens with zero attached hydrogens (tertiary/aromatic N) is 4. The van der Waals surface area contributed by atoms with Crippen molar-refractivity contribution in [2.75, 3.05) is 5.43 Å². The molecular weight excluding hydrogens is 313 g/mol. The van der Waals surface area contributed by atoms with Gasteiger partial charge in [-0.3, -0.25) is 0 Å². The van der Waals surface area contributed by atoms with Crippen molar-refractivity contribution in [1.29, 1.82) is 0 Å². The van der Waals surface area contributed by atoms with Crippen LogP contribution in [0.25, 0.3) is 0 Å². The van der Waals surface area contributed by atoms with Crippen LogP contribution in [0.1, 0.15) is 0 Å². The van der Waals surface area contributed by atoms with E-state index in [-0.39, 0.29) is 0 Å². The van der Waals surface area contributed by atoms with E-state index in [1.165, 1.54) is 22.9 Å². The first-order valence-corrected chi connectivity index (χ1v) is 4.75. The number of nitrogens with one attached hydrogen (secondary N) is 1. The van der Waals surface area contributed by atoms with Gasteiger partial charge in [-0.05, 0) is 20.4 Å². The van der Waals surface area contributed by atoms with Crippen LogP contribution in [0.3, 0.4) is 0 Å². The summed E-state index contributed by atoms with van der Waals surface area (Å²) in [6.07, 6.45) is 0. The molecule has 1 rings (SSSR count). The van der Waals surface area contributed by atoms with Crippen molar-refractivity contribution in [3.63, 3.8) is 0 Å². The Morgan fingerprint density at radius 3 is 2.60 bits per heavy atom. The molecule has 0 saturated carbocycles. The maximum absolute atomic E-state index is 10.4. The third-order valence-electron chi connectivity index (χ3n) is 1.35. The van der Waals surface area contributed by atoms with Crippen LogP contribution in [0.2, 0.25) is 0 Å². The van der Waals surface area contributed by atoms with Crippen LogP contribution in [0, 0.1) is 10.1 Å². The Morgan fingerprint density at radius 2 is 2.07 bits per heavy atom. The number of hydrogen-bond donors (Lipinski definition) is 1. The number of benzene rings is 1. The van der Waals surface area contributed by atoms with Gasteiger partial charge < -0.3 is 10.1 Å². The van der Waals surface area contributed by atoms with E-state index in [4.69, 9.17) is 0 Å². The number of halogens is 1. The molecule has 78 valence electrons. The minimum atomic E-state index is -0.724. The number of guanidine groups is 1. The van der Waals surface area contributed by atoms with Gasteiger partial charge in [0.2, 0.25) is 0 Å². The molecule has 0 atom stereocenters. The molecule has 0 unspecified atom stereocenters. The summed E-state index contributed by atoms with van der Waals surface area (Å²) in [5.74, 6) is -0.590. The summed E-state index contributed by atoms with van der Waals surface area (Å²) >= 11 is 1.54. The lowest BCUT2D eigenvalue weighted by Crippen LogP contribution is -2.10. The highest BCUT2D eigenvalue weighted by molar-refractivity contribution is 14.1. The highest BCUT2D eigenvalue weighted by atomic mass is 127. The highest BCUT2D eigenvalue weighted by Crippen LogP contribution is 2.04. The van der Waals surface area contributed by atoms with Crippen LogP contribution in [0.5, 0.6) is 0 Å². The summed E-state index contributed by atoms with van der Waals surface area (Å²) in [6, 6.07) is 8.84. The molecular formula is C7H6IN5O2. The van der Waals surface area contributed by atoms with Gasteiger partial charge in [-0.1, -0.05) is 18.2 Å². The normalized spacial score (nSPS) is 11.7. The smallest absolute Gasteiger partial charge is 0.390 e. The average Bonchev–Trinajstić information content (AvgIpc) is 2.25. The van der Waals surface area contributed by atoms with Crippen molar-refractivity contribution < 1.29 is 4.92 Å². The summed E-state index contributed by atoms with van der Waals surface area (Å²) in [7, 11) is 0. The lowest BCUT2D eigenvalue weighted by molar-refractivity contribution is -0.352. The molecule has 0 aromatic heterocycles. The Kier molecular flexibility index (Phi) is 4.60. The first-order valence-electron chi connectivity index (χ1n) is 3.79. The molecule has 8 heteroatoms. The number of anilines is 1. The van der Waals surface area contributed by atoms with E-state index in [0.29, 0.717) is 5.69 Å². The molecule has 0 amide bonds. The van der Waals surface area contributed by atoms with Crippen LogP contribution in [0.15, 0.2) is 43.9 Å². The fourth-order valence-corrected chi connectivity index (χ4v) is 0.954. The second kappa shape index (κ2) is 6.01. The topological polar surface area (TPSA) is 92.2 Å². The zero-order valence-electron chi connectivity index (χ0n) is 7.37. The van der Waals surface area contributed by atoms with Crippen LogP contribution in [-0.4, -0.2) is 10.9 Å². The van der Waals surface area contributed by atoms with Gasteiger partial charge in [0.05, 0.1) is 10.8 Å². The maximum atomic E-state index is 10.4. The standard InChI is InChI=1S/C7H6IN5O2/c8-12-11-7(13(14)15)10-9-6-4-2-1-3-5-6/h1-5,9H. The summed E-state index contributed by atoms with van der Waals surface area (Å²) in [5, 5.41) is 17.1. The van der Waals surface area contributed by atoms with Crippen molar-refractivity contribution in [2.24, 2.45) is 13.5 Å². The quantitative estimate of drug-likeness (QED) is 0.227. The second-order valence-electron chi connectivity index (χ2n) is 2.32. The molecule has 1 aromatic rings. The van der Waals surface area contributed by atoms with E-state index in [0.717, 1.165) is 0 Å². The Labute approximate surface area is 98.9 Å². The van der Waals surface area contributed by atoms with Crippen molar-refractivity contribution in [3.8, 4) is 0 Å². The second-order valence-corrected chi connectivity index (χ2v) is 2.75. The molecule has 0 aliphatic heterocycles. The Hall–Kier alpha value is -1.58. The molecule has 0 saturated heterocycles. The monoisotopic (exact) mass is 319 g/mol. The van der Waals surface area contributed by atoms with E-state index in [9.17, 15) is 10.1 Å². The summed E-state index contributed by atoms with van der Waals surface area (Å²) in [4.78, 5) is 9.66. The van der Waals surface area contributed by atoms with Crippen LogP contribution in [-0.2, 0) is 0 Å². The fourth-order valence-electron chi connectivity index (χ4n) is 0.761. The van der Waals surface area contributed by atoms with Gasteiger partial charge in [0, 0.05) is 5.10 Å². The minimum absolute atomic E-state index is 0.590. The van der Waals surface area contributed by atoms with Gasteiger partial charge in [-0.15, -0.1) is 0 Å². The lowest BCUT2D eigenvalue weighted by atomic mass is 10.3.